The first kappa shape index (κ1) is 24.6. The smallest absolute Gasteiger partial charge is 0.228 e. The van der Waals surface area contributed by atoms with Crippen molar-refractivity contribution in [2.24, 2.45) is 7.05 Å². The summed E-state index contributed by atoms with van der Waals surface area (Å²) in [5.41, 5.74) is 8.76. The molecular weight excluding hydrogens is 476 g/mol. The Hall–Kier alpha value is -3.69. The molecule has 2 saturated heterocycles. The minimum absolute atomic E-state index is 0.554. The van der Waals surface area contributed by atoms with Crippen molar-refractivity contribution in [2.45, 2.75) is 19.3 Å². The molecule has 0 amide bonds. The molecule has 0 saturated carbocycles. The summed E-state index contributed by atoms with van der Waals surface area (Å²) >= 11 is 0. The molecule has 0 radical (unpaired) electrons. The Morgan fingerprint density at radius 2 is 1.50 bits per heavy atom. The molecular formula is C29H36N8O. The molecule has 2 fully saturated rings. The van der Waals surface area contributed by atoms with E-state index in [0.717, 1.165) is 60.9 Å². The summed E-state index contributed by atoms with van der Waals surface area (Å²) in [4.78, 5) is 17.4. The highest BCUT2D eigenvalue weighted by molar-refractivity contribution is 5.99. The number of fused-ring (bicyclic) bond motifs is 1. The predicted molar refractivity (Wildman–Crippen MR) is 152 cm³/mol. The van der Waals surface area contributed by atoms with Crippen molar-refractivity contribution in [1.29, 1.82) is 0 Å². The Kier molecular flexibility index (Phi) is 7.11. The zero-order valence-electron chi connectivity index (χ0n) is 22.1. The van der Waals surface area contributed by atoms with Gasteiger partial charge in [-0.15, -0.1) is 0 Å². The molecule has 9 heteroatoms. The van der Waals surface area contributed by atoms with Crippen LogP contribution in [0.1, 0.15) is 19.3 Å². The molecule has 0 bridgehead atoms. The normalized spacial score (nSPS) is 17.2. The summed E-state index contributed by atoms with van der Waals surface area (Å²) in [6.45, 7) is 8.60. The van der Waals surface area contributed by atoms with Crippen LogP contribution in [0.3, 0.4) is 0 Å². The van der Waals surface area contributed by atoms with Crippen molar-refractivity contribution < 1.29 is 4.74 Å². The third kappa shape index (κ3) is 5.30. The number of piperidine rings is 1. The fourth-order valence-electron chi connectivity index (χ4n) is 5.42. The van der Waals surface area contributed by atoms with Gasteiger partial charge in [-0.25, -0.2) is 4.98 Å². The summed E-state index contributed by atoms with van der Waals surface area (Å²) in [7, 11) is 1.84. The topological polar surface area (TPSA) is 88.6 Å². The van der Waals surface area contributed by atoms with Gasteiger partial charge in [0.1, 0.15) is 17.3 Å². The zero-order valence-corrected chi connectivity index (χ0v) is 22.1. The zero-order chi connectivity index (χ0) is 25.9. The van der Waals surface area contributed by atoms with E-state index in [0.29, 0.717) is 17.4 Å². The van der Waals surface area contributed by atoms with Crippen molar-refractivity contribution in [3.63, 3.8) is 0 Å². The number of likely N-dealkylation sites (tertiary alicyclic amines) is 1. The van der Waals surface area contributed by atoms with Crippen LogP contribution in [0.5, 0.6) is 11.5 Å². The number of para-hydroxylation sites is 1. The summed E-state index contributed by atoms with van der Waals surface area (Å²) in [6.07, 6.45) is 4.07. The SMILES string of the molecule is Cn1nc2nc(N3CCN(CCN4CCCCC4)CC3)nc(-c3cccc(Oc4ccccc4)c3)c2c1N. The van der Waals surface area contributed by atoms with Crippen molar-refractivity contribution in [2.75, 3.05) is 63.0 Å². The molecule has 2 aliphatic rings. The molecule has 0 spiro atoms. The van der Waals surface area contributed by atoms with E-state index in [1.807, 2.05) is 61.6 Å². The van der Waals surface area contributed by atoms with Crippen LogP contribution >= 0.6 is 0 Å². The summed E-state index contributed by atoms with van der Waals surface area (Å²) < 4.78 is 7.77. The molecule has 38 heavy (non-hydrogen) atoms. The van der Waals surface area contributed by atoms with Gasteiger partial charge in [-0.05, 0) is 50.2 Å². The van der Waals surface area contributed by atoms with Crippen molar-refractivity contribution >= 4 is 22.8 Å². The van der Waals surface area contributed by atoms with E-state index in [4.69, 9.17) is 20.4 Å². The highest BCUT2D eigenvalue weighted by atomic mass is 16.5. The van der Waals surface area contributed by atoms with Crippen molar-refractivity contribution in [3.05, 3.63) is 54.6 Å². The minimum Gasteiger partial charge on any atom is -0.457 e. The number of aromatic nitrogens is 4. The number of benzene rings is 2. The third-order valence-electron chi connectivity index (χ3n) is 7.65. The molecule has 2 aliphatic heterocycles. The first-order valence-electron chi connectivity index (χ1n) is 13.7. The summed E-state index contributed by atoms with van der Waals surface area (Å²) in [5, 5.41) is 5.38. The Balaban J connectivity index is 1.23. The van der Waals surface area contributed by atoms with Gasteiger partial charge in [-0.1, -0.05) is 36.8 Å². The largest absolute Gasteiger partial charge is 0.457 e. The monoisotopic (exact) mass is 512 g/mol. The average molecular weight is 513 g/mol. The molecule has 4 aromatic rings. The van der Waals surface area contributed by atoms with Crippen LogP contribution in [-0.2, 0) is 7.05 Å². The van der Waals surface area contributed by atoms with Gasteiger partial charge in [-0.2, -0.15) is 10.1 Å². The number of rotatable bonds is 7. The Labute approximate surface area is 223 Å². The lowest BCUT2D eigenvalue weighted by Crippen LogP contribution is -2.49. The Bertz CT molecular complexity index is 1370. The number of hydrogen-bond donors (Lipinski definition) is 1. The maximum absolute atomic E-state index is 6.44. The number of ether oxygens (including phenoxy) is 1. The van der Waals surface area contributed by atoms with Crippen LogP contribution in [0.2, 0.25) is 0 Å². The molecule has 9 nitrogen and oxygen atoms in total. The van der Waals surface area contributed by atoms with Gasteiger partial charge in [0.25, 0.3) is 0 Å². The lowest BCUT2D eigenvalue weighted by molar-refractivity contribution is 0.176. The van der Waals surface area contributed by atoms with Gasteiger partial charge in [0, 0.05) is 51.9 Å². The second-order valence-corrected chi connectivity index (χ2v) is 10.3. The molecule has 6 rings (SSSR count). The van der Waals surface area contributed by atoms with Gasteiger partial charge >= 0.3 is 0 Å². The molecule has 0 atom stereocenters. The molecule has 4 heterocycles. The third-order valence-corrected chi connectivity index (χ3v) is 7.65. The lowest BCUT2D eigenvalue weighted by Gasteiger charge is -2.36. The van der Waals surface area contributed by atoms with Crippen LogP contribution in [0, 0.1) is 0 Å². The molecule has 2 aromatic heterocycles. The van der Waals surface area contributed by atoms with Crippen molar-refractivity contribution in [3.8, 4) is 22.8 Å². The lowest BCUT2D eigenvalue weighted by atomic mass is 10.1. The van der Waals surface area contributed by atoms with E-state index in [2.05, 4.69) is 19.8 Å². The number of piperazine rings is 1. The van der Waals surface area contributed by atoms with Gasteiger partial charge < -0.3 is 20.3 Å². The summed E-state index contributed by atoms with van der Waals surface area (Å²) in [5.74, 6) is 2.79. The fourth-order valence-corrected chi connectivity index (χ4v) is 5.42. The molecule has 2 N–H and O–H groups in total. The van der Waals surface area contributed by atoms with E-state index in [-0.39, 0.29) is 0 Å². The quantitative estimate of drug-likeness (QED) is 0.397. The summed E-state index contributed by atoms with van der Waals surface area (Å²) in [6, 6.07) is 17.8. The van der Waals surface area contributed by atoms with Crippen LogP contribution in [0.15, 0.2) is 54.6 Å². The van der Waals surface area contributed by atoms with Gasteiger partial charge in [-0.3, -0.25) is 9.58 Å². The van der Waals surface area contributed by atoms with Crippen LogP contribution < -0.4 is 15.4 Å². The maximum Gasteiger partial charge on any atom is 0.228 e. The molecule has 0 unspecified atom stereocenters. The number of hydrogen-bond acceptors (Lipinski definition) is 8. The number of anilines is 2. The number of aryl methyl sites for hydroxylation is 1. The molecule has 0 aliphatic carbocycles. The first-order chi connectivity index (χ1) is 18.6. The number of nitrogen functional groups attached to an aromatic ring is 1. The predicted octanol–water partition coefficient (Wildman–Crippen LogP) is 4.01. The van der Waals surface area contributed by atoms with Crippen LogP contribution in [0.4, 0.5) is 11.8 Å². The molecule has 198 valence electrons. The second-order valence-electron chi connectivity index (χ2n) is 10.3. The van der Waals surface area contributed by atoms with Gasteiger partial charge in [0.05, 0.1) is 11.1 Å². The van der Waals surface area contributed by atoms with E-state index >= 15 is 0 Å². The van der Waals surface area contributed by atoms with Crippen molar-refractivity contribution in [1.82, 2.24) is 29.5 Å². The van der Waals surface area contributed by atoms with Crippen LogP contribution in [0.25, 0.3) is 22.3 Å². The Morgan fingerprint density at radius 3 is 2.26 bits per heavy atom. The second kappa shape index (κ2) is 11.0. The van der Waals surface area contributed by atoms with Crippen LogP contribution in [-0.4, -0.2) is 81.9 Å². The number of nitrogens with zero attached hydrogens (tertiary/aromatic N) is 7. The van der Waals surface area contributed by atoms with E-state index < -0.39 is 0 Å². The maximum atomic E-state index is 6.44. The van der Waals surface area contributed by atoms with E-state index in [1.165, 1.54) is 38.9 Å². The standard InChI is InChI=1S/C29H36N8O/c1-34-27(30)25-26(22-9-8-12-24(21-22)38-23-10-4-2-5-11-23)31-29(32-28(25)33-34)37-19-17-36(18-20-37)16-15-35-13-6-3-7-14-35/h2,4-5,8-12,21H,3,6-7,13-20,30H2,1H3. The van der Waals surface area contributed by atoms with Gasteiger partial charge in [0.15, 0.2) is 5.65 Å². The van der Waals surface area contributed by atoms with E-state index in [9.17, 15) is 0 Å². The molecule has 2 aromatic carbocycles. The average Bonchev–Trinajstić information content (AvgIpc) is 3.26. The minimum atomic E-state index is 0.554. The van der Waals surface area contributed by atoms with E-state index in [1.54, 1.807) is 4.68 Å². The number of nitrogens with two attached hydrogens (primary N) is 1. The Morgan fingerprint density at radius 1 is 0.789 bits per heavy atom. The highest BCUT2D eigenvalue weighted by Crippen LogP contribution is 2.34. The highest BCUT2D eigenvalue weighted by Gasteiger charge is 2.24. The van der Waals surface area contributed by atoms with Gasteiger partial charge in [0.2, 0.25) is 5.95 Å². The first-order valence-corrected chi connectivity index (χ1v) is 13.7. The fraction of sp³-hybridized carbons (Fsp3) is 0.414.